The van der Waals surface area contributed by atoms with Crippen LogP contribution in [-0.2, 0) is 0 Å². The molecule has 1 heterocycles. The van der Waals surface area contributed by atoms with Crippen LogP contribution in [0.2, 0.25) is 0 Å². The molecule has 1 aliphatic heterocycles. The largest absolute Gasteiger partial charge is 0.316 e. The molecule has 0 unspecified atom stereocenters. The Kier molecular flexibility index (Phi) is 2.89. The summed E-state index contributed by atoms with van der Waals surface area (Å²) in [6.07, 6.45) is 7.55. The van der Waals surface area contributed by atoms with E-state index in [1.54, 1.807) is 0 Å². The number of nitrogens with one attached hydrogen (secondary N) is 1. The van der Waals surface area contributed by atoms with Crippen LogP contribution < -0.4 is 5.32 Å². The van der Waals surface area contributed by atoms with Gasteiger partial charge in [0, 0.05) is 6.54 Å². The minimum Gasteiger partial charge on any atom is -0.316 e. The standard InChI is InChI=1S/C10H17N/c1-3-5-10(6-4-2)7-8-11-9-10/h3-4,11H,1-2,5-9H2. The summed E-state index contributed by atoms with van der Waals surface area (Å²) in [5.41, 5.74) is 0.448. The molecule has 0 aromatic rings. The first kappa shape index (κ1) is 8.54. The third kappa shape index (κ3) is 1.93. The van der Waals surface area contributed by atoms with E-state index in [1.165, 1.54) is 6.42 Å². The van der Waals surface area contributed by atoms with E-state index in [4.69, 9.17) is 0 Å². The van der Waals surface area contributed by atoms with Gasteiger partial charge in [-0.05, 0) is 31.2 Å². The van der Waals surface area contributed by atoms with E-state index in [0.717, 1.165) is 25.9 Å². The predicted octanol–water partition coefficient (Wildman–Crippen LogP) is 2.12. The summed E-state index contributed by atoms with van der Waals surface area (Å²) in [6, 6.07) is 0. The number of hydrogen-bond acceptors (Lipinski definition) is 1. The van der Waals surface area contributed by atoms with Crippen LogP contribution >= 0.6 is 0 Å². The molecule has 0 amide bonds. The average Bonchev–Trinajstić information content (AvgIpc) is 2.39. The Morgan fingerprint density at radius 1 is 1.27 bits per heavy atom. The van der Waals surface area contributed by atoms with Crippen molar-refractivity contribution in [2.45, 2.75) is 19.3 Å². The van der Waals surface area contributed by atoms with E-state index in [1.807, 2.05) is 12.2 Å². The zero-order chi connectivity index (χ0) is 8.16. The van der Waals surface area contributed by atoms with Gasteiger partial charge in [0.1, 0.15) is 0 Å². The summed E-state index contributed by atoms with van der Waals surface area (Å²) in [5, 5.41) is 3.39. The highest BCUT2D eigenvalue weighted by atomic mass is 14.9. The smallest absolute Gasteiger partial charge is 0.00142 e. The van der Waals surface area contributed by atoms with Crippen molar-refractivity contribution >= 4 is 0 Å². The molecular weight excluding hydrogens is 134 g/mol. The zero-order valence-corrected chi connectivity index (χ0v) is 7.10. The SMILES string of the molecule is C=CCC1(CC=C)CCNC1. The lowest BCUT2D eigenvalue weighted by Gasteiger charge is -2.24. The highest BCUT2D eigenvalue weighted by Gasteiger charge is 2.30. The Balaban J connectivity index is 2.53. The van der Waals surface area contributed by atoms with Crippen molar-refractivity contribution in [3.05, 3.63) is 25.3 Å². The fourth-order valence-electron chi connectivity index (χ4n) is 1.84. The molecule has 0 aromatic heterocycles. The molecule has 0 saturated carbocycles. The van der Waals surface area contributed by atoms with Crippen molar-refractivity contribution in [2.75, 3.05) is 13.1 Å². The molecular formula is C10H17N. The van der Waals surface area contributed by atoms with Crippen molar-refractivity contribution in [3.8, 4) is 0 Å². The Labute approximate surface area is 69.2 Å². The van der Waals surface area contributed by atoms with Gasteiger partial charge in [-0.3, -0.25) is 0 Å². The van der Waals surface area contributed by atoms with Crippen molar-refractivity contribution in [3.63, 3.8) is 0 Å². The minimum atomic E-state index is 0.448. The number of hydrogen-bond donors (Lipinski definition) is 1. The third-order valence-electron chi connectivity index (χ3n) is 2.49. The molecule has 1 N–H and O–H groups in total. The fourth-order valence-corrected chi connectivity index (χ4v) is 1.84. The van der Waals surface area contributed by atoms with E-state index in [2.05, 4.69) is 18.5 Å². The maximum absolute atomic E-state index is 3.79. The minimum absolute atomic E-state index is 0.448. The van der Waals surface area contributed by atoms with E-state index < -0.39 is 0 Å². The summed E-state index contributed by atoms with van der Waals surface area (Å²) < 4.78 is 0. The number of allylic oxidation sites excluding steroid dienone is 2. The van der Waals surface area contributed by atoms with Gasteiger partial charge in [0.15, 0.2) is 0 Å². The molecule has 1 saturated heterocycles. The maximum atomic E-state index is 3.79. The van der Waals surface area contributed by atoms with Gasteiger partial charge in [0.2, 0.25) is 0 Å². The van der Waals surface area contributed by atoms with E-state index in [0.29, 0.717) is 5.41 Å². The Bertz CT molecular complexity index is 131. The topological polar surface area (TPSA) is 12.0 Å². The third-order valence-corrected chi connectivity index (χ3v) is 2.49. The maximum Gasteiger partial charge on any atom is 0.00142 e. The van der Waals surface area contributed by atoms with E-state index >= 15 is 0 Å². The first-order valence-electron chi connectivity index (χ1n) is 4.25. The molecule has 11 heavy (non-hydrogen) atoms. The molecule has 1 rings (SSSR count). The highest BCUT2D eigenvalue weighted by molar-refractivity contribution is 4.96. The highest BCUT2D eigenvalue weighted by Crippen LogP contribution is 2.33. The fraction of sp³-hybridized carbons (Fsp3) is 0.600. The summed E-state index contributed by atoms with van der Waals surface area (Å²) >= 11 is 0. The molecule has 0 spiro atoms. The molecule has 1 fully saturated rings. The molecule has 0 aromatic carbocycles. The van der Waals surface area contributed by atoms with Crippen molar-refractivity contribution in [1.29, 1.82) is 0 Å². The second-order valence-electron chi connectivity index (χ2n) is 3.41. The van der Waals surface area contributed by atoms with Crippen LogP contribution in [0.25, 0.3) is 0 Å². The summed E-state index contributed by atoms with van der Waals surface area (Å²) in [7, 11) is 0. The number of rotatable bonds is 4. The summed E-state index contributed by atoms with van der Waals surface area (Å²) in [5.74, 6) is 0. The lowest BCUT2D eigenvalue weighted by atomic mass is 9.80. The average molecular weight is 151 g/mol. The molecule has 1 aliphatic rings. The van der Waals surface area contributed by atoms with Crippen LogP contribution in [0.15, 0.2) is 25.3 Å². The lowest BCUT2D eigenvalue weighted by Crippen LogP contribution is -2.22. The van der Waals surface area contributed by atoms with Crippen LogP contribution in [0.3, 0.4) is 0 Å². The van der Waals surface area contributed by atoms with Gasteiger partial charge in [-0.1, -0.05) is 12.2 Å². The summed E-state index contributed by atoms with van der Waals surface area (Å²) in [4.78, 5) is 0. The van der Waals surface area contributed by atoms with E-state index in [9.17, 15) is 0 Å². The van der Waals surface area contributed by atoms with Gasteiger partial charge >= 0.3 is 0 Å². The van der Waals surface area contributed by atoms with Gasteiger partial charge in [0.05, 0.1) is 0 Å². The summed E-state index contributed by atoms with van der Waals surface area (Å²) in [6.45, 7) is 9.86. The van der Waals surface area contributed by atoms with Crippen molar-refractivity contribution in [1.82, 2.24) is 5.32 Å². The monoisotopic (exact) mass is 151 g/mol. The van der Waals surface area contributed by atoms with Crippen LogP contribution in [0.5, 0.6) is 0 Å². The first-order valence-corrected chi connectivity index (χ1v) is 4.25. The molecule has 1 nitrogen and oxygen atoms in total. The second kappa shape index (κ2) is 3.72. The molecule has 62 valence electrons. The van der Waals surface area contributed by atoms with Crippen molar-refractivity contribution in [2.24, 2.45) is 5.41 Å². The predicted molar refractivity (Wildman–Crippen MR) is 49.5 cm³/mol. The van der Waals surface area contributed by atoms with Gasteiger partial charge in [-0.25, -0.2) is 0 Å². The van der Waals surface area contributed by atoms with Crippen LogP contribution in [0.1, 0.15) is 19.3 Å². The lowest BCUT2D eigenvalue weighted by molar-refractivity contribution is 0.332. The quantitative estimate of drug-likeness (QED) is 0.607. The second-order valence-corrected chi connectivity index (χ2v) is 3.41. The van der Waals surface area contributed by atoms with Gasteiger partial charge in [-0.15, -0.1) is 13.2 Å². The Hall–Kier alpha value is -0.560. The molecule has 0 aliphatic carbocycles. The molecule has 1 heteroatoms. The Morgan fingerprint density at radius 3 is 2.27 bits per heavy atom. The van der Waals surface area contributed by atoms with Gasteiger partial charge in [0.25, 0.3) is 0 Å². The van der Waals surface area contributed by atoms with Crippen LogP contribution in [0.4, 0.5) is 0 Å². The Morgan fingerprint density at radius 2 is 1.91 bits per heavy atom. The molecule has 0 bridgehead atoms. The van der Waals surface area contributed by atoms with Crippen LogP contribution in [0, 0.1) is 5.41 Å². The van der Waals surface area contributed by atoms with Crippen LogP contribution in [-0.4, -0.2) is 13.1 Å². The van der Waals surface area contributed by atoms with E-state index in [-0.39, 0.29) is 0 Å². The first-order chi connectivity index (χ1) is 5.33. The normalized spacial score (nSPS) is 21.5. The molecule has 0 radical (unpaired) electrons. The molecule has 0 atom stereocenters. The zero-order valence-electron chi connectivity index (χ0n) is 7.10. The van der Waals surface area contributed by atoms with Crippen molar-refractivity contribution < 1.29 is 0 Å². The van der Waals surface area contributed by atoms with Gasteiger partial charge < -0.3 is 5.32 Å². The van der Waals surface area contributed by atoms with Gasteiger partial charge in [-0.2, -0.15) is 0 Å².